The van der Waals surface area contributed by atoms with Crippen molar-refractivity contribution in [1.82, 2.24) is 14.8 Å². The predicted molar refractivity (Wildman–Crippen MR) is 108 cm³/mol. The average Bonchev–Trinajstić information content (AvgIpc) is 3.25. The van der Waals surface area contributed by atoms with Crippen LogP contribution in [0.25, 0.3) is 5.69 Å². The largest absolute Gasteiger partial charge is 0.289 e. The molecule has 3 aromatic carbocycles. The SMILES string of the molecule is NN(Cc1ccc(C(=O)c2ccccc2)cc1)c1ncnn1-c1ccccc1. The quantitative estimate of drug-likeness (QED) is 0.320. The highest BCUT2D eigenvalue weighted by Crippen LogP contribution is 2.17. The van der Waals surface area contributed by atoms with E-state index in [1.165, 1.54) is 11.3 Å². The Morgan fingerprint density at radius 1 is 0.857 bits per heavy atom. The van der Waals surface area contributed by atoms with Crippen molar-refractivity contribution in [3.63, 3.8) is 0 Å². The maximum atomic E-state index is 12.5. The summed E-state index contributed by atoms with van der Waals surface area (Å²) in [5, 5.41) is 5.79. The molecule has 0 aliphatic heterocycles. The van der Waals surface area contributed by atoms with Gasteiger partial charge in [-0.15, -0.1) is 0 Å². The first-order valence-corrected chi connectivity index (χ1v) is 8.89. The van der Waals surface area contributed by atoms with Gasteiger partial charge in [0.25, 0.3) is 0 Å². The van der Waals surface area contributed by atoms with Gasteiger partial charge in [-0.25, -0.2) is 5.84 Å². The molecule has 0 saturated heterocycles. The molecule has 0 spiro atoms. The Kier molecular flexibility index (Phi) is 4.95. The van der Waals surface area contributed by atoms with Crippen LogP contribution in [0.4, 0.5) is 5.95 Å². The summed E-state index contributed by atoms with van der Waals surface area (Å²) in [4.78, 5) is 16.8. The molecule has 0 unspecified atom stereocenters. The highest BCUT2D eigenvalue weighted by molar-refractivity contribution is 6.08. The van der Waals surface area contributed by atoms with Gasteiger partial charge in [-0.1, -0.05) is 72.8 Å². The van der Waals surface area contributed by atoms with Crippen LogP contribution in [0.2, 0.25) is 0 Å². The molecule has 2 N–H and O–H groups in total. The maximum absolute atomic E-state index is 12.5. The van der Waals surface area contributed by atoms with Crippen molar-refractivity contribution in [2.75, 3.05) is 5.01 Å². The average molecular weight is 369 g/mol. The molecule has 4 rings (SSSR count). The van der Waals surface area contributed by atoms with Crippen molar-refractivity contribution >= 4 is 11.7 Å². The van der Waals surface area contributed by atoms with E-state index in [-0.39, 0.29) is 5.78 Å². The number of carbonyl (C=O) groups excluding carboxylic acids is 1. The van der Waals surface area contributed by atoms with Crippen molar-refractivity contribution in [3.05, 3.63) is 108 Å². The lowest BCUT2D eigenvalue weighted by Crippen LogP contribution is -2.32. The summed E-state index contributed by atoms with van der Waals surface area (Å²) in [6.45, 7) is 0.436. The first-order chi connectivity index (χ1) is 13.7. The molecule has 0 bridgehead atoms. The van der Waals surface area contributed by atoms with Crippen LogP contribution in [0.5, 0.6) is 0 Å². The number of carbonyl (C=O) groups is 1. The monoisotopic (exact) mass is 369 g/mol. The Balaban J connectivity index is 1.50. The van der Waals surface area contributed by atoms with E-state index in [0.717, 1.165) is 11.3 Å². The van der Waals surface area contributed by atoms with Gasteiger partial charge < -0.3 is 0 Å². The zero-order valence-corrected chi connectivity index (χ0v) is 15.1. The summed E-state index contributed by atoms with van der Waals surface area (Å²) < 4.78 is 1.69. The molecule has 0 saturated carbocycles. The molecule has 138 valence electrons. The van der Waals surface area contributed by atoms with Crippen molar-refractivity contribution in [3.8, 4) is 5.69 Å². The number of hydrogen-bond donors (Lipinski definition) is 1. The lowest BCUT2D eigenvalue weighted by Gasteiger charge is -2.18. The number of hydrogen-bond acceptors (Lipinski definition) is 5. The standard InChI is InChI=1S/C22H19N5O/c23-26(22-24-16-25-27(22)20-9-5-2-6-10-20)15-17-11-13-19(14-12-17)21(28)18-7-3-1-4-8-18/h1-14,16H,15,23H2. The van der Waals surface area contributed by atoms with Gasteiger partial charge in [-0.05, 0) is 17.7 Å². The second-order valence-corrected chi connectivity index (χ2v) is 6.33. The lowest BCUT2D eigenvalue weighted by molar-refractivity contribution is 0.103. The third-order valence-electron chi connectivity index (χ3n) is 4.39. The third-order valence-corrected chi connectivity index (χ3v) is 4.39. The highest BCUT2D eigenvalue weighted by atomic mass is 16.1. The molecule has 1 aromatic heterocycles. The van der Waals surface area contributed by atoms with Gasteiger partial charge in [-0.2, -0.15) is 14.8 Å². The number of aromatic nitrogens is 3. The summed E-state index contributed by atoms with van der Waals surface area (Å²) >= 11 is 0. The summed E-state index contributed by atoms with van der Waals surface area (Å²) in [5.74, 6) is 6.78. The molecule has 0 atom stereocenters. The molecule has 4 aromatic rings. The van der Waals surface area contributed by atoms with Crippen molar-refractivity contribution in [1.29, 1.82) is 0 Å². The van der Waals surface area contributed by atoms with Crippen molar-refractivity contribution in [2.45, 2.75) is 6.54 Å². The molecule has 28 heavy (non-hydrogen) atoms. The number of anilines is 1. The number of hydrazine groups is 1. The Morgan fingerprint density at radius 2 is 1.46 bits per heavy atom. The Hall–Kier alpha value is -3.77. The first-order valence-electron chi connectivity index (χ1n) is 8.89. The fourth-order valence-electron chi connectivity index (χ4n) is 2.97. The number of rotatable bonds is 6. The molecule has 1 heterocycles. The number of nitrogens with two attached hydrogens (primary N) is 1. The second-order valence-electron chi connectivity index (χ2n) is 6.33. The van der Waals surface area contributed by atoms with Gasteiger partial charge in [-0.3, -0.25) is 9.80 Å². The minimum absolute atomic E-state index is 0.000533. The molecule has 0 radical (unpaired) electrons. The van der Waals surface area contributed by atoms with Gasteiger partial charge in [0.1, 0.15) is 6.33 Å². The van der Waals surface area contributed by atoms with Crippen LogP contribution in [0.1, 0.15) is 21.5 Å². The van der Waals surface area contributed by atoms with Crippen LogP contribution in [0.15, 0.2) is 91.3 Å². The number of ketones is 1. The molecule has 6 heteroatoms. The van der Waals surface area contributed by atoms with Crippen molar-refractivity contribution < 1.29 is 4.79 Å². The van der Waals surface area contributed by atoms with Gasteiger partial charge in [0.05, 0.1) is 12.2 Å². The van der Waals surface area contributed by atoms with Crippen molar-refractivity contribution in [2.24, 2.45) is 5.84 Å². The minimum Gasteiger partial charge on any atom is -0.289 e. The summed E-state index contributed by atoms with van der Waals surface area (Å²) in [5.41, 5.74) is 3.17. The molecule has 0 aliphatic rings. The molecule has 0 fully saturated rings. The summed E-state index contributed by atoms with van der Waals surface area (Å²) in [6, 6.07) is 26.4. The molecular formula is C22H19N5O. The van der Waals surface area contributed by atoms with Gasteiger partial charge >= 0.3 is 0 Å². The third kappa shape index (κ3) is 3.67. The Morgan fingerprint density at radius 3 is 2.14 bits per heavy atom. The smallest absolute Gasteiger partial charge is 0.243 e. The van der Waals surface area contributed by atoms with Crippen LogP contribution >= 0.6 is 0 Å². The molecular weight excluding hydrogens is 350 g/mol. The number of para-hydroxylation sites is 1. The van der Waals surface area contributed by atoms with Crippen LogP contribution in [-0.4, -0.2) is 20.5 Å². The summed E-state index contributed by atoms with van der Waals surface area (Å²) in [7, 11) is 0. The normalized spacial score (nSPS) is 10.6. The minimum atomic E-state index is 0.000533. The van der Waals surface area contributed by atoms with Crippen LogP contribution in [0.3, 0.4) is 0 Å². The van der Waals surface area contributed by atoms with E-state index >= 15 is 0 Å². The van der Waals surface area contributed by atoms with E-state index in [1.807, 2.05) is 84.9 Å². The van der Waals surface area contributed by atoms with Crippen LogP contribution < -0.4 is 10.9 Å². The topological polar surface area (TPSA) is 77.0 Å². The molecule has 6 nitrogen and oxygen atoms in total. The Bertz CT molecular complexity index is 1060. The fraction of sp³-hybridized carbons (Fsp3) is 0.0455. The van der Waals surface area contributed by atoms with E-state index in [4.69, 9.17) is 5.84 Å². The van der Waals surface area contributed by atoms with E-state index < -0.39 is 0 Å². The fourth-order valence-corrected chi connectivity index (χ4v) is 2.97. The van der Waals surface area contributed by atoms with Gasteiger partial charge in [0, 0.05) is 11.1 Å². The van der Waals surface area contributed by atoms with E-state index in [0.29, 0.717) is 23.6 Å². The number of benzene rings is 3. The zero-order valence-electron chi connectivity index (χ0n) is 15.1. The highest BCUT2D eigenvalue weighted by Gasteiger charge is 2.13. The lowest BCUT2D eigenvalue weighted by atomic mass is 10.0. The van der Waals surface area contributed by atoms with Gasteiger partial charge in [0.15, 0.2) is 5.78 Å². The van der Waals surface area contributed by atoms with E-state index in [9.17, 15) is 4.79 Å². The summed E-state index contributed by atoms with van der Waals surface area (Å²) in [6.07, 6.45) is 1.48. The molecule has 0 aliphatic carbocycles. The Labute approximate surface area is 162 Å². The second kappa shape index (κ2) is 7.85. The first kappa shape index (κ1) is 17.6. The maximum Gasteiger partial charge on any atom is 0.243 e. The zero-order chi connectivity index (χ0) is 19.3. The van der Waals surface area contributed by atoms with Crippen LogP contribution in [0, 0.1) is 0 Å². The predicted octanol–water partition coefficient (Wildman–Crippen LogP) is 3.38. The van der Waals surface area contributed by atoms with Crippen LogP contribution in [-0.2, 0) is 6.54 Å². The van der Waals surface area contributed by atoms with E-state index in [1.54, 1.807) is 4.68 Å². The van der Waals surface area contributed by atoms with E-state index in [2.05, 4.69) is 10.1 Å². The van der Waals surface area contributed by atoms with Gasteiger partial charge in [0.2, 0.25) is 5.95 Å². The molecule has 0 amide bonds. The number of nitrogens with zero attached hydrogens (tertiary/aromatic N) is 4.